The summed E-state index contributed by atoms with van der Waals surface area (Å²) in [6.45, 7) is 10.6. The summed E-state index contributed by atoms with van der Waals surface area (Å²) in [5.74, 6) is 0.958. The Hall–Kier alpha value is -1.89. The normalized spacial score (nSPS) is 12.2. The highest BCUT2D eigenvalue weighted by Crippen LogP contribution is 2.27. The van der Waals surface area contributed by atoms with Gasteiger partial charge in [-0.15, -0.1) is 5.10 Å². The van der Waals surface area contributed by atoms with Gasteiger partial charge < -0.3 is 5.32 Å². The summed E-state index contributed by atoms with van der Waals surface area (Å²) in [6, 6.07) is 3.72. The SMILES string of the molecule is CC(C)(C)CC(C)(C)NC(=O)CSc1n[nH]c(-c2ccncc2)n1. The number of amides is 1. The summed E-state index contributed by atoms with van der Waals surface area (Å²) in [4.78, 5) is 20.6. The summed E-state index contributed by atoms with van der Waals surface area (Å²) in [5, 5.41) is 10.7. The molecule has 2 aromatic rings. The fraction of sp³-hybridized carbons (Fsp3) is 0.529. The predicted molar refractivity (Wildman–Crippen MR) is 96.6 cm³/mol. The summed E-state index contributed by atoms with van der Waals surface area (Å²) in [6.07, 6.45) is 4.31. The zero-order valence-corrected chi connectivity index (χ0v) is 15.7. The molecule has 0 saturated heterocycles. The van der Waals surface area contributed by atoms with Crippen molar-refractivity contribution in [1.29, 1.82) is 0 Å². The molecule has 2 aromatic heterocycles. The van der Waals surface area contributed by atoms with E-state index in [9.17, 15) is 4.79 Å². The van der Waals surface area contributed by atoms with Gasteiger partial charge in [0.25, 0.3) is 0 Å². The first-order valence-electron chi connectivity index (χ1n) is 7.91. The molecule has 0 aromatic carbocycles. The van der Waals surface area contributed by atoms with Crippen LogP contribution in [0.2, 0.25) is 0 Å². The Kier molecular flexibility index (Phi) is 5.64. The monoisotopic (exact) mass is 347 g/mol. The second-order valence-electron chi connectivity index (χ2n) is 7.66. The van der Waals surface area contributed by atoms with Crippen LogP contribution < -0.4 is 5.32 Å². The van der Waals surface area contributed by atoms with Crippen molar-refractivity contribution in [3.8, 4) is 11.4 Å². The lowest BCUT2D eigenvalue weighted by Gasteiger charge is -2.33. The lowest BCUT2D eigenvalue weighted by atomic mass is 9.82. The molecule has 0 unspecified atom stereocenters. The van der Waals surface area contributed by atoms with E-state index in [4.69, 9.17) is 0 Å². The molecule has 1 amide bonds. The van der Waals surface area contributed by atoms with Crippen molar-refractivity contribution >= 4 is 17.7 Å². The van der Waals surface area contributed by atoms with Crippen LogP contribution in [0, 0.1) is 5.41 Å². The number of rotatable bonds is 6. The topological polar surface area (TPSA) is 83.6 Å². The summed E-state index contributed by atoms with van der Waals surface area (Å²) in [5.41, 5.74) is 0.838. The number of aromatic nitrogens is 4. The maximum Gasteiger partial charge on any atom is 0.230 e. The maximum absolute atomic E-state index is 12.2. The molecule has 130 valence electrons. The molecule has 2 N–H and O–H groups in total. The molecular weight excluding hydrogens is 322 g/mol. The van der Waals surface area contributed by atoms with Crippen molar-refractivity contribution in [2.24, 2.45) is 5.41 Å². The predicted octanol–water partition coefficient (Wildman–Crippen LogP) is 3.29. The van der Waals surface area contributed by atoms with Crippen LogP contribution in [0.3, 0.4) is 0 Å². The number of H-pyrrole nitrogens is 1. The number of nitrogens with one attached hydrogen (secondary N) is 2. The second kappa shape index (κ2) is 7.34. The average Bonchev–Trinajstić information content (AvgIpc) is 2.92. The van der Waals surface area contributed by atoms with Crippen molar-refractivity contribution in [2.75, 3.05) is 5.75 Å². The number of nitrogens with zero attached hydrogens (tertiary/aromatic N) is 3. The molecule has 0 aliphatic carbocycles. The standard InChI is InChI=1S/C17H25N5OS/c1-16(2,3)11-17(4,5)20-13(23)10-24-15-19-14(21-22-15)12-6-8-18-9-7-12/h6-9H,10-11H2,1-5H3,(H,20,23)(H,19,21,22). The van der Waals surface area contributed by atoms with Gasteiger partial charge in [0.1, 0.15) is 0 Å². The summed E-state index contributed by atoms with van der Waals surface area (Å²) < 4.78 is 0. The molecule has 2 heterocycles. The van der Waals surface area contributed by atoms with Gasteiger partial charge in [-0.2, -0.15) is 0 Å². The second-order valence-corrected chi connectivity index (χ2v) is 8.60. The molecule has 0 atom stereocenters. The fourth-order valence-electron chi connectivity index (χ4n) is 2.86. The summed E-state index contributed by atoms with van der Waals surface area (Å²) in [7, 11) is 0. The number of pyridine rings is 1. The van der Waals surface area contributed by atoms with Crippen molar-refractivity contribution in [3.05, 3.63) is 24.5 Å². The number of hydrogen-bond acceptors (Lipinski definition) is 5. The van der Waals surface area contributed by atoms with E-state index < -0.39 is 0 Å². The summed E-state index contributed by atoms with van der Waals surface area (Å²) >= 11 is 1.32. The van der Waals surface area contributed by atoms with Crippen molar-refractivity contribution in [3.63, 3.8) is 0 Å². The van der Waals surface area contributed by atoms with Crippen molar-refractivity contribution in [1.82, 2.24) is 25.5 Å². The maximum atomic E-state index is 12.2. The third kappa shape index (κ3) is 5.96. The molecule has 0 fully saturated rings. The lowest BCUT2D eigenvalue weighted by Crippen LogP contribution is -2.46. The van der Waals surface area contributed by atoms with E-state index in [2.05, 4.69) is 60.1 Å². The molecule has 0 aliphatic rings. The minimum Gasteiger partial charge on any atom is -0.350 e. The van der Waals surface area contributed by atoms with Crippen LogP contribution in [0.4, 0.5) is 0 Å². The first-order chi connectivity index (χ1) is 11.1. The zero-order chi connectivity index (χ0) is 17.8. The smallest absolute Gasteiger partial charge is 0.230 e. The number of carbonyl (C=O) groups excluding carboxylic acids is 1. The van der Waals surface area contributed by atoms with E-state index >= 15 is 0 Å². The van der Waals surface area contributed by atoms with Crippen LogP contribution in [-0.2, 0) is 4.79 Å². The van der Waals surface area contributed by atoms with Crippen LogP contribution in [0.15, 0.2) is 29.7 Å². The number of carbonyl (C=O) groups is 1. The van der Waals surface area contributed by atoms with Gasteiger partial charge in [0, 0.05) is 23.5 Å². The minimum atomic E-state index is -0.239. The van der Waals surface area contributed by atoms with Crippen LogP contribution in [0.5, 0.6) is 0 Å². The Bertz CT molecular complexity index is 676. The van der Waals surface area contributed by atoms with E-state index in [0.717, 1.165) is 12.0 Å². The molecule has 0 saturated carbocycles. The molecule has 0 bridgehead atoms. The Labute approximate surface area is 147 Å². The number of aromatic amines is 1. The van der Waals surface area contributed by atoms with Gasteiger partial charge in [-0.25, -0.2) is 4.98 Å². The Morgan fingerprint density at radius 2 is 1.88 bits per heavy atom. The largest absolute Gasteiger partial charge is 0.350 e. The third-order valence-corrected chi connectivity index (χ3v) is 4.05. The third-order valence-electron chi connectivity index (χ3n) is 3.20. The highest BCUT2D eigenvalue weighted by molar-refractivity contribution is 7.99. The average molecular weight is 347 g/mol. The van der Waals surface area contributed by atoms with Gasteiger partial charge in [-0.3, -0.25) is 14.9 Å². The number of hydrogen-bond donors (Lipinski definition) is 2. The Morgan fingerprint density at radius 1 is 1.21 bits per heavy atom. The minimum absolute atomic E-state index is 0.00971. The lowest BCUT2D eigenvalue weighted by molar-refractivity contribution is -0.120. The van der Waals surface area contributed by atoms with Gasteiger partial charge in [0.15, 0.2) is 5.82 Å². The van der Waals surface area contributed by atoms with Crippen molar-refractivity contribution < 1.29 is 4.79 Å². The fourth-order valence-corrected chi connectivity index (χ4v) is 3.46. The van der Waals surface area contributed by atoms with E-state index in [1.807, 2.05) is 12.1 Å². The molecule has 2 rings (SSSR count). The van der Waals surface area contributed by atoms with Gasteiger partial charge in [0.2, 0.25) is 11.1 Å². The molecule has 24 heavy (non-hydrogen) atoms. The molecule has 6 nitrogen and oxygen atoms in total. The van der Waals surface area contributed by atoms with Crippen LogP contribution >= 0.6 is 11.8 Å². The van der Waals surface area contributed by atoms with Crippen LogP contribution in [-0.4, -0.2) is 37.4 Å². The molecule has 7 heteroatoms. The van der Waals surface area contributed by atoms with E-state index in [0.29, 0.717) is 16.7 Å². The Balaban J connectivity index is 1.87. The van der Waals surface area contributed by atoms with Gasteiger partial charge in [0.05, 0.1) is 5.75 Å². The number of thioether (sulfide) groups is 1. The van der Waals surface area contributed by atoms with Gasteiger partial charge in [-0.1, -0.05) is 32.5 Å². The first kappa shape index (κ1) is 18.4. The van der Waals surface area contributed by atoms with E-state index in [-0.39, 0.29) is 16.9 Å². The molecule has 0 aliphatic heterocycles. The highest BCUT2D eigenvalue weighted by Gasteiger charge is 2.27. The van der Waals surface area contributed by atoms with E-state index in [1.54, 1.807) is 12.4 Å². The van der Waals surface area contributed by atoms with Gasteiger partial charge >= 0.3 is 0 Å². The van der Waals surface area contributed by atoms with Crippen LogP contribution in [0.1, 0.15) is 41.0 Å². The van der Waals surface area contributed by atoms with Crippen LogP contribution in [0.25, 0.3) is 11.4 Å². The van der Waals surface area contributed by atoms with E-state index in [1.165, 1.54) is 11.8 Å². The quantitative estimate of drug-likeness (QED) is 0.784. The molecule has 0 radical (unpaired) electrons. The first-order valence-corrected chi connectivity index (χ1v) is 8.90. The van der Waals surface area contributed by atoms with Crippen molar-refractivity contribution in [2.45, 2.75) is 51.7 Å². The Morgan fingerprint density at radius 3 is 2.50 bits per heavy atom. The molecular formula is C17H25N5OS. The van der Waals surface area contributed by atoms with Gasteiger partial charge in [-0.05, 0) is 37.8 Å². The highest BCUT2D eigenvalue weighted by atomic mass is 32.2. The molecule has 0 spiro atoms. The zero-order valence-electron chi connectivity index (χ0n) is 14.9.